The Labute approximate surface area is 195 Å². The van der Waals surface area contributed by atoms with Crippen LogP contribution >= 0.6 is 0 Å². The van der Waals surface area contributed by atoms with Gasteiger partial charge in [-0.25, -0.2) is 0 Å². The van der Waals surface area contributed by atoms with Crippen LogP contribution in [0, 0.1) is 11.8 Å². The predicted molar refractivity (Wildman–Crippen MR) is 125 cm³/mol. The fraction of sp³-hybridized carbons (Fsp3) is 0.500. The second-order valence-electron chi connectivity index (χ2n) is 9.17. The third-order valence-electron chi connectivity index (χ3n) is 6.47. The molecule has 3 atom stereocenters. The number of hydrogen-bond acceptors (Lipinski definition) is 6. The lowest BCUT2D eigenvalue weighted by Gasteiger charge is -2.36. The number of fused-ring (bicyclic) bond motifs is 1. The van der Waals surface area contributed by atoms with Gasteiger partial charge in [-0.15, -0.1) is 0 Å². The minimum absolute atomic E-state index is 0.0271. The van der Waals surface area contributed by atoms with Gasteiger partial charge in [0.25, 0.3) is 0 Å². The Bertz CT molecular complexity index is 997. The van der Waals surface area contributed by atoms with Gasteiger partial charge in [0.1, 0.15) is 30.5 Å². The van der Waals surface area contributed by atoms with E-state index in [0.29, 0.717) is 53.6 Å². The highest BCUT2D eigenvalue weighted by molar-refractivity contribution is 5.78. The zero-order valence-electron chi connectivity index (χ0n) is 19.8. The zero-order valence-corrected chi connectivity index (χ0v) is 19.8. The van der Waals surface area contributed by atoms with Crippen molar-refractivity contribution in [3.8, 4) is 28.7 Å². The van der Waals surface area contributed by atoms with E-state index < -0.39 is 5.92 Å². The number of hydrogen-bond donors (Lipinski definition) is 1. The molecule has 2 aromatic rings. The summed E-state index contributed by atoms with van der Waals surface area (Å²) in [5.41, 5.74) is 1.41. The summed E-state index contributed by atoms with van der Waals surface area (Å²) in [6, 6.07) is 8.97. The molecule has 1 fully saturated rings. The number of phenols is 1. The summed E-state index contributed by atoms with van der Waals surface area (Å²) in [6.07, 6.45) is 1.33. The van der Waals surface area contributed by atoms with Gasteiger partial charge < -0.3 is 29.0 Å². The zero-order chi connectivity index (χ0) is 23.5. The summed E-state index contributed by atoms with van der Waals surface area (Å²) in [6.45, 7) is 6.86. The van der Waals surface area contributed by atoms with E-state index in [1.165, 1.54) is 7.11 Å². The summed E-state index contributed by atoms with van der Waals surface area (Å²) in [7, 11) is 3.09. The molecule has 0 spiro atoms. The Kier molecular flexibility index (Phi) is 6.86. The van der Waals surface area contributed by atoms with Crippen molar-refractivity contribution in [3.05, 3.63) is 41.5 Å². The van der Waals surface area contributed by atoms with Crippen molar-refractivity contribution < 1.29 is 28.8 Å². The Hall–Kier alpha value is -3.09. The molecular formula is C26H33NO6. The smallest absolute Gasteiger partial charge is 0.223 e. The highest BCUT2D eigenvalue weighted by atomic mass is 16.6. The number of rotatable bonds is 6. The number of aromatic hydroxyl groups is 1. The summed E-state index contributed by atoms with van der Waals surface area (Å²) in [5.74, 6) is 2.87. The Morgan fingerprint density at radius 1 is 1.06 bits per heavy atom. The average molecular weight is 456 g/mol. The molecule has 1 N–H and O–H groups in total. The van der Waals surface area contributed by atoms with Crippen LogP contribution < -0.4 is 18.9 Å². The molecule has 0 aliphatic carbocycles. The third kappa shape index (κ3) is 4.97. The minimum atomic E-state index is -0.429. The molecule has 0 radical (unpaired) electrons. The maximum atomic E-state index is 13.5. The van der Waals surface area contributed by atoms with E-state index in [4.69, 9.17) is 18.9 Å². The SMILES string of the molecule is COc1cc(O)c(C(CC(=O)N2CC(C)CC(C)C2)c2ccc3c(c2)OCCO3)c(OC)c1. The Balaban J connectivity index is 1.74. The second-order valence-corrected chi connectivity index (χ2v) is 9.17. The summed E-state index contributed by atoms with van der Waals surface area (Å²) >= 11 is 0. The minimum Gasteiger partial charge on any atom is -0.507 e. The van der Waals surface area contributed by atoms with Crippen molar-refractivity contribution in [1.29, 1.82) is 0 Å². The first kappa shape index (κ1) is 23.1. The number of methoxy groups -OCH3 is 2. The molecule has 2 aromatic carbocycles. The van der Waals surface area contributed by atoms with Crippen molar-refractivity contribution in [3.63, 3.8) is 0 Å². The van der Waals surface area contributed by atoms with E-state index in [1.807, 2.05) is 23.1 Å². The lowest BCUT2D eigenvalue weighted by Crippen LogP contribution is -2.43. The molecule has 2 aliphatic heterocycles. The summed E-state index contributed by atoms with van der Waals surface area (Å²) in [4.78, 5) is 15.4. The number of amides is 1. The first-order chi connectivity index (χ1) is 15.9. The number of carbonyl (C=O) groups excluding carboxylic acids is 1. The van der Waals surface area contributed by atoms with Crippen molar-refractivity contribution in [2.75, 3.05) is 40.5 Å². The van der Waals surface area contributed by atoms with Gasteiger partial charge >= 0.3 is 0 Å². The molecule has 0 aromatic heterocycles. The maximum absolute atomic E-state index is 13.5. The molecule has 3 unspecified atom stereocenters. The molecule has 2 aliphatic rings. The Morgan fingerprint density at radius 2 is 1.76 bits per heavy atom. The number of phenolic OH excluding ortho intramolecular Hbond substituents is 1. The van der Waals surface area contributed by atoms with Crippen molar-refractivity contribution in [2.45, 2.75) is 32.6 Å². The van der Waals surface area contributed by atoms with E-state index in [9.17, 15) is 9.90 Å². The molecule has 4 rings (SSSR count). The Morgan fingerprint density at radius 3 is 2.42 bits per heavy atom. The lowest BCUT2D eigenvalue weighted by atomic mass is 9.85. The predicted octanol–water partition coefficient (Wildman–Crippen LogP) is 4.21. The number of piperidine rings is 1. The van der Waals surface area contributed by atoms with Gasteiger partial charge in [0.15, 0.2) is 11.5 Å². The van der Waals surface area contributed by atoms with Gasteiger partial charge in [0.05, 0.1) is 14.2 Å². The molecule has 0 bridgehead atoms. The molecule has 178 valence electrons. The largest absolute Gasteiger partial charge is 0.507 e. The van der Waals surface area contributed by atoms with Crippen molar-refractivity contribution in [2.24, 2.45) is 11.8 Å². The van der Waals surface area contributed by atoms with Crippen LogP contribution in [0.4, 0.5) is 0 Å². The fourth-order valence-corrected chi connectivity index (χ4v) is 5.06. The van der Waals surface area contributed by atoms with Crippen LogP contribution in [0.5, 0.6) is 28.7 Å². The summed E-state index contributed by atoms with van der Waals surface area (Å²) < 4.78 is 22.4. The molecule has 1 saturated heterocycles. The van der Waals surface area contributed by atoms with Gasteiger partial charge in [-0.1, -0.05) is 19.9 Å². The summed E-state index contributed by atoms with van der Waals surface area (Å²) in [5, 5.41) is 11.0. The molecule has 7 nitrogen and oxygen atoms in total. The number of carbonyl (C=O) groups is 1. The molecular weight excluding hydrogens is 422 g/mol. The van der Waals surface area contributed by atoms with Gasteiger partial charge in [-0.05, 0) is 36.0 Å². The second kappa shape index (κ2) is 9.81. The fourth-order valence-electron chi connectivity index (χ4n) is 5.06. The molecule has 7 heteroatoms. The standard InChI is InChI=1S/C26H33NO6/c1-16-9-17(2)15-27(14-16)25(29)13-20(18-5-6-22-23(10-18)33-8-7-32-22)26-21(28)11-19(30-3)12-24(26)31-4/h5-6,10-12,16-17,20,28H,7-9,13-15H2,1-4H3. The number of benzene rings is 2. The normalized spacial score (nSPS) is 20.8. The topological polar surface area (TPSA) is 77.5 Å². The van der Waals surface area contributed by atoms with Crippen LogP contribution in [0.3, 0.4) is 0 Å². The van der Waals surface area contributed by atoms with E-state index in [0.717, 1.165) is 25.1 Å². The monoisotopic (exact) mass is 455 g/mol. The van der Waals surface area contributed by atoms with Gasteiger partial charge in [-0.3, -0.25) is 4.79 Å². The van der Waals surface area contributed by atoms with Gasteiger partial charge in [0.2, 0.25) is 5.91 Å². The van der Waals surface area contributed by atoms with E-state index in [2.05, 4.69) is 13.8 Å². The quantitative estimate of drug-likeness (QED) is 0.703. The van der Waals surface area contributed by atoms with Gasteiger partial charge in [-0.2, -0.15) is 0 Å². The van der Waals surface area contributed by atoms with E-state index in [1.54, 1.807) is 19.2 Å². The number of nitrogens with zero attached hydrogens (tertiary/aromatic N) is 1. The molecule has 33 heavy (non-hydrogen) atoms. The van der Waals surface area contributed by atoms with Crippen LogP contribution in [0.2, 0.25) is 0 Å². The van der Waals surface area contributed by atoms with Crippen LogP contribution in [-0.2, 0) is 4.79 Å². The average Bonchev–Trinajstić information content (AvgIpc) is 2.81. The maximum Gasteiger partial charge on any atom is 0.223 e. The number of likely N-dealkylation sites (tertiary alicyclic amines) is 1. The van der Waals surface area contributed by atoms with Crippen LogP contribution in [0.1, 0.15) is 43.7 Å². The van der Waals surface area contributed by atoms with Crippen molar-refractivity contribution >= 4 is 5.91 Å². The van der Waals surface area contributed by atoms with Crippen LogP contribution in [-0.4, -0.2) is 56.4 Å². The van der Waals surface area contributed by atoms with Crippen molar-refractivity contribution in [1.82, 2.24) is 4.90 Å². The van der Waals surface area contributed by atoms with E-state index in [-0.39, 0.29) is 18.1 Å². The van der Waals surface area contributed by atoms with Gasteiger partial charge in [0, 0.05) is 43.1 Å². The third-order valence-corrected chi connectivity index (χ3v) is 6.47. The first-order valence-electron chi connectivity index (χ1n) is 11.5. The first-order valence-corrected chi connectivity index (χ1v) is 11.5. The van der Waals surface area contributed by atoms with E-state index >= 15 is 0 Å². The highest BCUT2D eigenvalue weighted by Gasteiger charge is 2.31. The molecule has 1 amide bonds. The van der Waals surface area contributed by atoms with Crippen LogP contribution in [0.25, 0.3) is 0 Å². The lowest BCUT2D eigenvalue weighted by molar-refractivity contribution is -0.134. The molecule has 0 saturated carbocycles. The molecule has 2 heterocycles. The number of ether oxygens (including phenoxy) is 4. The van der Waals surface area contributed by atoms with Crippen LogP contribution in [0.15, 0.2) is 30.3 Å². The highest BCUT2D eigenvalue weighted by Crippen LogP contribution is 2.45.